The molecular weight excluding hydrogens is 280 g/mol. The summed E-state index contributed by atoms with van der Waals surface area (Å²) in [5.74, 6) is -0.0270. The third-order valence-electron chi connectivity index (χ3n) is 4.10. The number of nitrogen functional groups attached to an aromatic ring is 1. The van der Waals surface area contributed by atoms with Crippen LogP contribution < -0.4 is 11.1 Å². The number of nitrogens with one attached hydrogen (secondary N) is 1. The first-order valence-corrected chi connectivity index (χ1v) is 7.56. The first kappa shape index (κ1) is 14.5. The average Bonchev–Trinajstić information content (AvgIpc) is 2.91. The van der Waals surface area contributed by atoms with Crippen LogP contribution in [-0.4, -0.2) is 26.1 Å². The molecule has 2 aromatic rings. The second kappa shape index (κ2) is 6.13. The van der Waals surface area contributed by atoms with Crippen molar-refractivity contribution in [3.63, 3.8) is 0 Å². The Labute approximate surface area is 128 Å². The second-order valence-electron chi connectivity index (χ2n) is 5.72. The normalized spacial score (nSPS) is 15.1. The molecule has 1 aromatic heterocycles. The fourth-order valence-electron chi connectivity index (χ4n) is 2.85. The number of benzene rings is 1. The van der Waals surface area contributed by atoms with Gasteiger partial charge in [0.05, 0.1) is 6.04 Å². The lowest BCUT2D eigenvalue weighted by Crippen LogP contribution is -2.31. The van der Waals surface area contributed by atoms with Gasteiger partial charge in [0.1, 0.15) is 6.54 Å². The van der Waals surface area contributed by atoms with E-state index in [4.69, 9.17) is 5.73 Å². The number of aryl methyl sites for hydroxylation is 2. The topological polar surface area (TPSA) is 98.7 Å². The maximum atomic E-state index is 12.1. The van der Waals surface area contributed by atoms with Crippen molar-refractivity contribution in [2.45, 2.75) is 45.2 Å². The molecule has 0 unspecified atom stereocenters. The van der Waals surface area contributed by atoms with Crippen molar-refractivity contribution < 1.29 is 4.79 Å². The Morgan fingerprint density at radius 3 is 2.86 bits per heavy atom. The first-order chi connectivity index (χ1) is 10.6. The van der Waals surface area contributed by atoms with E-state index in [0.717, 1.165) is 18.4 Å². The highest BCUT2D eigenvalue weighted by atomic mass is 16.2. The zero-order chi connectivity index (χ0) is 15.5. The third-order valence-corrected chi connectivity index (χ3v) is 4.10. The molecule has 1 aliphatic carbocycles. The average molecular weight is 300 g/mol. The molecule has 0 fully saturated rings. The van der Waals surface area contributed by atoms with E-state index in [1.807, 2.05) is 6.92 Å². The number of nitrogens with zero attached hydrogens (tertiary/aromatic N) is 4. The summed E-state index contributed by atoms with van der Waals surface area (Å²) in [5.41, 5.74) is 9.53. The van der Waals surface area contributed by atoms with Crippen LogP contribution in [0.1, 0.15) is 42.5 Å². The first-order valence-electron chi connectivity index (χ1n) is 7.56. The summed E-state index contributed by atoms with van der Waals surface area (Å²) in [7, 11) is 0. The molecule has 0 bridgehead atoms. The predicted octanol–water partition coefficient (Wildman–Crippen LogP) is 1.01. The lowest BCUT2D eigenvalue weighted by atomic mass is 9.89. The number of nitrogens with two attached hydrogens (primary N) is 1. The van der Waals surface area contributed by atoms with Gasteiger partial charge in [0.25, 0.3) is 0 Å². The van der Waals surface area contributed by atoms with Gasteiger partial charge in [0.2, 0.25) is 11.9 Å². The highest BCUT2D eigenvalue weighted by Gasteiger charge is 2.15. The van der Waals surface area contributed by atoms with Crippen LogP contribution in [0.2, 0.25) is 0 Å². The Bertz CT molecular complexity index is 680. The summed E-state index contributed by atoms with van der Waals surface area (Å²) in [6, 6.07) is 6.44. The molecule has 116 valence electrons. The van der Waals surface area contributed by atoms with Crippen LogP contribution in [0.3, 0.4) is 0 Å². The standard InChI is InChI=1S/C15H20N6O/c1-10(17-14(22)9-21-15(16)18-19-20-21)12-7-6-11-4-2-3-5-13(11)8-12/h6-8,10H,2-5,9H2,1H3,(H,17,22)(H2,16,18,20)/t10-/m1/s1. The fourth-order valence-corrected chi connectivity index (χ4v) is 2.85. The Kier molecular flexibility index (Phi) is 4.04. The van der Waals surface area contributed by atoms with Crippen molar-refractivity contribution >= 4 is 11.9 Å². The van der Waals surface area contributed by atoms with Crippen LogP contribution in [0.5, 0.6) is 0 Å². The van der Waals surface area contributed by atoms with Crippen molar-refractivity contribution in [1.29, 1.82) is 0 Å². The number of amides is 1. The number of rotatable bonds is 4. The van der Waals surface area contributed by atoms with Crippen LogP contribution >= 0.6 is 0 Å². The van der Waals surface area contributed by atoms with Crippen molar-refractivity contribution in [3.05, 3.63) is 34.9 Å². The monoisotopic (exact) mass is 300 g/mol. The van der Waals surface area contributed by atoms with Gasteiger partial charge in [-0.15, -0.1) is 0 Å². The molecule has 3 rings (SSSR count). The molecule has 1 atom stereocenters. The number of aromatic nitrogens is 4. The minimum atomic E-state index is -0.163. The van der Waals surface area contributed by atoms with E-state index in [1.54, 1.807) is 0 Å². The van der Waals surface area contributed by atoms with Gasteiger partial charge in [-0.1, -0.05) is 23.3 Å². The highest BCUT2D eigenvalue weighted by Crippen LogP contribution is 2.24. The van der Waals surface area contributed by atoms with Crippen molar-refractivity contribution in [2.24, 2.45) is 0 Å². The molecule has 1 aliphatic rings. The quantitative estimate of drug-likeness (QED) is 0.878. The van der Waals surface area contributed by atoms with Crippen LogP contribution in [-0.2, 0) is 24.2 Å². The molecule has 1 aromatic carbocycles. The number of fused-ring (bicyclic) bond motifs is 1. The smallest absolute Gasteiger partial charge is 0.242 e. The van der Waals surface area contributed by atoms with Crippen LogP contribution in [0.25, 0.3) is 0 Å². The number of tetrazole rings is 1. The molecule has 7 nitrogen and oxygen atoms in total. The van der Waals surface area contributed by atoms with E-state index in [-0.39, 0.29) is 24.4 Å². The summed E-state index contributed by atoms with van der Waals surface area (Å²) < 4.78 is 1.27. The number of carbonyl (C=O) groups excluding carboxylic acids is 1. The van der Waals surface area contributed by atoms with Gasteiger partial charge in [-0.3, -0.25) is 4.79 Å². The van der Waals surface area contributed by atoms with Crippen molar-refractivity contribution in [2.75, 3.05) is 5.73 Å². The Balaban J connectivity index is 1.65. The predicted molar refractivity (Wildman–Crippen MR) is 81.9 cm³/mol. The van der Waals surface area contributed by atoms with E-state index in [2.05, 4.69) is 39.0 Å². The van der Waals surface area contributed by atoms with E-state index >= 15 is 0 Å². The molecular formula is C15H20N6O. The lowest BCUT2D eigenvalue weighted by molar-refractivity contribution is -0.122. The van der Waals surface area contributed by atoms with E-state index < -0.39 is 0 Å². The number of anilines is 1. The van der Waals surface area contributed by atoms with Gasteiger partial charge in [0.15, 0.2) is 0 Å². The molecule has 0 saturated carbocycles. The summed E-state index contributed by atoms with van der Waals surface area (Å²) in [4.78, 5) is 12.1. The molecule has 22 heavy (non-hydrogen) atoms. The lowest BCUT2D eigenvalue weighted by Gasteiger charge is -2.20. The molecule has 1 amide bonds. The zero-order valence-electron chi connectivity index (χ0n) is 12.6. The number of hydrogen-bond donors (Lipinski definition) is 2. The summed E-state index contributed by atoms with van der Waals surface area (Å²) >= 11 is 0. The van der Waals surface area contributed by atoms with Crippen molar-refractivity contribution in [1.82, 2.24) is 25.5 Å². The molecule has 0 spiro atoms. The summed E-state index contributed by atoms with van der Waals surface area (Å²) in [6.07, 6.45) is 4.81. The van der Waals surface area contributed by atoms with Crippen molar-refractivity contribution in [3.8, 4) is 0 Å². The Hall–Kier alpha value is -2.44. The third kappa shape index (κ3) is 3.08. The summed E-state index contributed by atoms with van der Waals surface area (Å²) in [6.45, 7) is 2.00. The van der Waals surface area contributed by atoms with Crippen LogP contribution in [0.4, 0.5) is 5.95 Å². The number of carbonyl (C=O) groups is 1. The molecule has 0 radical (unpaired) electrons. The minimum Gasteiger partial charge on any atom is -0.367 e. The largest absolute Gasteiger partial charge is 0.367 e. The van der Waals surface area contributed by atoms with Crippen LogP contribution in [0.15, 0.2) is 18.2 Å². The van der Waals surface area contributed by atoms with E-state index in [0.29, 0.717) is 0 Å². The maximum absolute atomic E-state index is 12.1. The molecule has 1 heterocycles. The van der Waals surface area contributed by atoms with Gasteiger partial charge in [-0.05, 0) is 59.7 Å². The van der Waals surface area contributed by atoms with Gasteiger partial charge in [-0.25, -0.2) is 4.68 Å². The van der Waals surface area contributed by atoms with Crippen LogP contribution in [0, 0.1) is 0 Å². The van der Waals surface area contributed by atoms with Gasteiger partial charge in [-0.2, -0.15) is 0 Å². The Morgan fingerprint density at radius 1 is 1.36 bits per heavy atom. The van der Waals surface area contributed by atoms with Gasteiger partial charge in [0, 0.05) is 0 Å². The Morgan fingerprint density at radius 2 is 2.14 bits per heavy atom. The second-order valence-corrected chi connectivity index (χ2v) is 5.72. The minimum absolute atomic E-state index is 0.0219. The molecule has 0 saturated heterocycles. The highest BCUT2D eigenvalue weighted by molar-refractivity contribution is 5.76. The molecule has 0 aliphatic heterocycles. The van der Waals surface area contributed by atoms with Gasteiger partial charge < -0.3 is 11.1 Å². The fraction of sp³-hybridized carbons (Fsp3) is 0.467. The zero-order valence-corrected chi connectivity index (χ0v) is 12.6. The molecule has 7 heteroatoms. The molecule has 3 N–H and O–H groups in total. The number of hydrogen-bond acceptors (Lipinski definition) is 5. The van der Waals surface area contributed by atoms with Gasteiger partial charge >= 0.3 is 0 Å². The van der Waals surface area contributed by atoms with E-state index in [1.165, 1.54) is 28.7 Å². The SMILES string of the molecule is C[C@@H](NC(=O)Cn1nnnc1N)c1ccc2c(c1)CCCC2. The maximum Gasteiger partial charge on any atom is 0.242 e. The summed E-state index contributed by atoms with van der Waals surface area (Å²) in [5, 5.41) is 13.6. The van der Waals surface area contributed by atoms with E-state index in [9.17, 15) is 4.79 Å².